The van der Waals surface area contributed by atoms with Crippen LogP contribution in [0.5, 0.6) is 0 Å². The summed E-state index contributed by atoms with van der Waals surface area (Å²) in [4.78, 5) is 28.3. The highest BCUT2D eigenvalue weighted by Crippen LogP contribution is 2.33. The highest BCUT2D eigenvalue weighted by Gasteiger charge is 2.22. The summed E-state index contributed by atoms with van der Waals surface area (Å²) < 4.78 is 0. The predicted octanol–water partition coefficient (Wildman–Crippen LogP) is 0.612. The molecule has 0 aliphatic heterocycles. The summed E-state index contributed by atoms with van der Waals surface area (Å²) in [6.45, 7) is 0.558. The van der Waals surface area contributed by atoms with Crippen molar-refractivity contribution in [3.8, 4) is 0 Å². The number of H-pyrrole nitrogens is 2. The van der Waals surface area contributed by atoms with Crippen LogP contribution in [0.15, 0.2) is 9.59 Å². The first-order valence-electron chi connectivity index (χ1n) is 6.28. The van der Waals surface area contributed by atoms with Crippen LogP contribution >= 0.6 is 0 Å². The first-order valence-corrected chi connectivity index (χ1v) is 6.28. The Hall–Kier alpha value is -1.36. The van der Waals surface area contributed by atoms with E-state index in [0.29, 0.717) is 18.9 Å². The molecule has 5 nitrogen and oxygen atoms in total. The molecule has 1 aliphatic rings. The van der Waals surface area contributed by atoms with E-state index in [2.05, 4.69) is 9.97 Å². The van der Waals surface area contributed by atoms with E-state index < -0.39 is 5.69 Å². The molecule has 0 saturated heterocycles. The van der Waals surface area contributed by atoms with Crippen LogP contribution in [-0.4, -0.2) is 16.5 Å². The minimum absolute atomic E-state index is 0.246. The third-order valence-corrected chi connectivity index (χ3v) is 3.47. The number of aromatic amines is 2. The fourth-order valence-electron chi connectivity index (χ4n) is 2.62. The number of aromatic nitrogens is 2. The molecule has 0 unspecified atom stereocenters. The molecule has 0 radical (unpaired) electrons. The van der Waals surface area contributed by atoms with Gasteiger partial charge in [-0.25, -0.2) is 4.79 Å². The minimum atomic E-state index is -0.395. The Bertz CT molecular complexity index is 483. The molecule has 4 N–H and O–H groups in total. The van der Waals surface area contributed by atoms with Crippen molar-refractivity contribution in [3.63, 3.8) is 0 Å². The second kappa shape index (κ2) is 5.31. The van der Waals surface area contributed by atoms with Crippen LogP contribution in [0.1, 0.15) is 49.3 Å². The first kappa shape index (κ1) is 12.1. The molecule has 0 bridgehead atoms. The van der Waals surface area contributed by atoms with E-state index in [0.717, 1.165) is 30.5 Å². The Morgan fingerprint density at radius 2 is 1.88 bits per heavy atom. The fraction of sp³-hybridized carbons (Fsp3) is 0.667. The molecular weight excluding hydrogens is 218 g/mol. The molecule has 1 heterocycles. The van der Waals surface area contributed by atoms with E-state index in [1.54, 1.807) is 0 Å². The summed E-state index contributed by atoms with van der Waals surface area (Å²) in [5.41, 5.74) is 6.41. The van der Waals surface area contributed by atoms with Gasteiger partial charge in [0.2, 0.25) is 0 Å². The lowest BCUT2D eigenvalue weighted by atomic mass is 9.97. The van der Waals surface area contributed by atoms with Crippen molar-refractivity contribution < 1.29 is 0 Å². The molecule has 1 saturated carbocycles. The Balaban J connectivity index is 2.39. The molecular formula is C12H19N3O2. The van der Waals surface area contributed by atoms with Gasteiger partial charge in [-0.3, -0.25) is 9.78 Å². The smallest absolute Gasteiger partial charge is 0.325 e. The van der Waals surface area contributed by atoms with Gasteiger partial charge in [-0.05, 0) is 38.1 Å². The summed E-state index contributed by atoms with van der Waals surface area (Å²) in [6.07, 6.45) is 5.90. The lowest BCUT2D eigenvalue weighted by Crippen LogP contribution is -2.29. The summed E-state index contributed by atoms with van der Waals surface area (Å²) >= 11 is 0. The van der Waals surface area contributed by atoms with Gasteiger partial charge in [-0.2, -0.15) is 0 Å². The molecule has 1 aromatic heterocycles. The van der Waals surface area contributed by atoms with E-state index in [4.69, 9.17) is 5.73 Å². The molecule has 94 valence electrons. The van der Waals surface area contributed by atoms with Gasteiger partial charge in [0.1, 0.15) is 0 Å². The Labute approximate surface area is 99.4 Å². The minimum Gasteiger partial charge on any atom is -0.330 e. The zero-order valence-corrected chi connectivity index (χ0v) is 9.92. The third-order valence-electron chi connectivity index (χ3n) is 3.47. The SMILES string of the molecule is NCCCc1c(C2CCCC2)[nH]c(=O)[nH]c1=O. The van der Waals surface area contributed by atoms with E-state index in [-0.39, 0.29) is 5.56 Å². The number of nitrogens with two attached hydrogens (primary N) is 1. The van der Waals surface area contributed by atoms with E-state index in [9.17, 15) is 9.59 Å². The predicted molar refractivity (Wildman–Crippen MR) is 66.3 cm³/mol. The maximum Gasteiger partial charge on any atom is 0.325 e. The van der Waals surface area contributed by atoms with Crippen molar-refractivity contribution in [2.24, 2.45) is 5.73 Å². The van der Waals surface area contributed by atoms with Gasteiger partial charge in [0.05, 0.1) is 0 Å². The topological polar surface area (TPSA) is 91.7 Å². The van der Waals surface area contributed by atoms with Crippen molar-refractivity contribution in [1.29, 1.82) is 0 Å². The second-order valence-corrected chi connectivity index (χ2v) is 4.67. The Morgan fingerprint density at radius 1 is 1.18 bits per heavy atom. The van der Waals surface area contributed by atoms with Gasteiger partial charge < -0.3 is 10.7 Å². The van der Waals surface area contributed by atoms with Gasteiger partial charge in [-0.15, -0.1) is 0 Å². The van der Waals surface area contributed by atoms with Crippen LogP contribution in [-0.2, 0) is 6.42 Å². The van der Waals surface area contributed by atoms with Gasteiger partial charge in [0.25, 0.3) is 5.56 Å². The van der Waals surface area contributed by atoms with Crippen LogP contribution in [0.2, 0.25) is 0 Å². The monoisotopic (exact) mass is 237 g/mol. The first-order chi connectivity index (χ1) is 8.22. The molecule has 0 aromatic carbocycles. The number of rotatable bonds is 4. The lowest BCUT2D eigenvalue weighted by molar-refractivity contribution is 0.662. The fourth-order valence-corrected chi connectivity index (χ4v) is 2.62. The summed E-state index contributed by atoms with van der Waals surface area (Å²) in [6, 6.07) is 0. The molecule has 0 amide bonds. The summed E-state index contributed by atoms with van der Waals surface area (Å²) in [7, 11) is 0. The quantitative estimate of drug-likeness (QED) is 0.716. The maximum absolute atomic E-state index is 11.8. The van der Waals surface area contributed by atoms with Crippen LogP contribution in [0.25, 0.3) is 0 Å². The van der Waals surface area contributed by atoms with Crippen molar-refractivity contribution in [3.05, 3.63) is 32.1 Å². The van der Waals surface area contributed by atoms with Gasteiger partial charge >= 0.3 is 5.69 Å². The van der Waals surface area contributed by atoms with Crippen molar-refractivity contribution in [1.82, 2.24) is 9.97 Å². The van der Waals surface area contributed by atoms with Gasteiger partial charge in [-0.1, -0.05) is 12.8 Å². The molecule has 0 atom stereocenters. The lowest BCUT2D eigenvalue weighted by Gasteiger charge is -2.13. The van der Waals surface area contributed by atoms with Crippen LogP contribution in [0.4, 0.5) is 0 Å². The van der Waals surface area contributed by atoms with Gasteiger partial charge in [0.15, 0.2) is 0 Å². The third kappa shape index (κ3) is 2.66. The number of hydrogen-bond donors (Lipinski definition) is 3. The summed E-state index contributed by atoms with van der Waals surface area (Å²) in [5.74, 6) is 0.345. The van der Waals surface area contributed by atoms with E-state index in [1.165, 1.54) is 12.8 Å². The molecule has 1 fully saturated rings. The van der Waals surface area contributed by atoms with Gasteiger partial charge in [0, 0.05) is 11.3 Å². The molecule has 17 heavy (non-hydrogen) atoms. The van der Waals surface area contributed by atoms with Crippen LogP contribution < -0.4 is 17.0 Å². The van der Waals surface area contributed by atoms with Crippen molar-refractivity contribution in [2.45, 2.75) is 44.4 Å². The largest absolute Gasteiger partial charge is 0.330 e. The Morgan fingerprint density at radius 3 is 2.53 bits per heavy atom. The summed E-state index contributed by atoms with van der Waals surface area (Å²) in [5, 5.41) is 0. The second-order valence-electron chi connectivity index (χ2n) is 4.67. The van der Waals surface area contributed by atoms with E-state index >= 15 is 0 Å². The Kier molecular flexibility index (Phi) is 3.78. The number of nitrogens with one attached hydrogen (secondary N) is 2. The molecule has 0 spiro atoms. The molecule has 1 aromatic rings. The highest BCUT2D eigenvalue weighted by atomic mass is 16.2. The maximum atomic E-state index is 11.8. The van der Waals surface area contributed by atoms with Crippen LogP contribution in [0.3, 0.4) is 0 Å². The van der Waals surface area contributed by atoms with Crippen molar-refractivity contribution >= 4 is 0 Å². The average molecular weight is 237 g/mol. The average Bonchev–Trinajstić information content (AvgIpc) is 2.80. The highest BCUT2D eigenvalue weighted by molar-refractivity contribution is 5.21. The molecule has 5 heteroatoms. The standard InChI is InChI=1S/C12H19N3O2/c13-7-3-6-9-10(8-4-1-2-5-8)14-12(17)15-11(9)16/h8H,1-7,13H2,(H2,14,15,16,17). The number of hydrogen-bond acceptors (Lipinski definition) is 3. The molecule has 2 rings (SSSR count). The normalized spacial score (nSPS) is 16.5. The van der Waals surface area contributed by atoms with Crippen LogP contribution in [0, 0.1) is 0 Å². The van der Waals surface area contributed by atoms with E-state index in [1.807, 2.05) is 0 Å². The zero-order valence-electron chi connectivity index (χ0n) is 9.92. The van der Waals surface area contributed by atoms with Crippen molar-refractivity contribution in [2.75, 3.05) is 6.54 Å². The molecule has 1 aliphatic carbocycles. The zero-order chi connectivity index (χ0) is 12.3.